The van der Waals surface area contributed by atoms with Gasteiger partial charge in [-0.2, -0.15) is 0 Å². The Morgan fingerprint density at radius 1 is 1.69 bits per heavy atom. The molecule has 0 saturated carbocycles. The summed E-state index contributed by atoms with van der Waals surface area (Å²) in [4.78, 5) is 15.4. The van der Waals surface area contributed by atoms with Crippen molar-refractivity contribution >= 4 is 17.5 Å². The number of amides is 1. The zero-order valence-electron chi connectivity index (χ0n) is 9.11. The largest absolute Gasteiger partial charge is 0.391 e. The minimum atomic E-state index is -0.506. The molecule has 1 aromatic rings. The maximum Gasteiger partial charge on any atom is 0.270 e. The number of hydrogen-bond acceptors (Lipinski definition) is 3. The van der Waals surface area contributed by atoms with E-state index in [1.807, 2.05) is 6.92 Å². The molecule has 0 spiro atoms. The van der Waals surface area contributed by atoms with Gasteiger partial charge in [0.05, 0.1) is 6.10 Å². The van der Waals surface area contributed by atoms with Gasteiger partial charge in [0.15, 0.2) is 0 Å². The first-order chi connectivity index (χ1) is 7.63. The molecule has 1 heterocycles. The Morgan fingerprint density at radius 3 is 3.06 bits per heavy atom. The first-order valence-corrected chi connectivity index (χ1v) is 5.59. The lowest BCUT2D eigenvalue weighted by atomic mass is 10.2. The zero-order chi connectivity index (χ0) is 12.0. The Bertz CT molecular complexity index is 358. The zero-order valence-corrected chi connectivity index (χ0v) is 9.87. The summed E-state index contributed by atoms with van der Waals surface area (Å²) in [5.74, 6) is -0.322. The Hall–Kier alpha value is -1.13. The van der Waals surface area contributed by atoms with E-state index in [9.17, 15) is 9.90 Å². The third-order valence-electron chi connectivity index (χ3n) is 2.07. The van der Waals surface area contributed by atoms with Crippen LogP contribution in [0, 0.1) is 0 Å². The molecule has 1 unspecified atom stereocenters. The summed E-state index contributed by atoms with van der Waals surface area (Å²) in [5, 5.41) is 12.5. The number of carbonyl (C=O) groups is 1. The van der Waals surface area contributed by atoms with E-state index < -0.39 is 6.10 Å². The summed E-state index contributed by atoms with van der Waals surface area (Å²) in [5.41, 5.74) is 0.260. The molecule has 0 aromatic carbocycles. The van der Waals surface area contributed by atoms with Gasteiger partial charge in [0.2, 0.25) is 0 Å². The van der Waals surface area contributed by atoms with E-state index >= 15 is 0 Å². The minimum absolute atomic E-state index is 0.237. The Morgan fingerprint density at radius 2 is 2.44 bits per heavy atom. The molecule has 1 amide bonds. The molecular weight excluding hydrogens is 228 g/mol. The van der Waals surface area contributed by atoms with Crippen LogP contribution in [0.4, 0.5) is 0 Å². The normalized spacial score (nSPS) is 12.2. The Balaban J connectivity index is 2.47. The first-order valence-electron chi connectivity index (χ1n) is 5.21. The predicted octanol–water partition coefficient (Wildman–Crippen LogP) is 1.63. The van der Waals surface area contributed by atoms with Crippen LogP contribution in [0.15, 0.2) is 18.3 Å². The fourth-order valence-electron chi connectivity index (χ4n) is 1.27. The van der Waals surface area contributed by atoms with Crippen molar-refractivity contribution < 1.29 is 9.90 Å². The summed E-state index contributed by atoms with van der Waals surface area (Å²) in [6, 6.07) is 3.09. The van der Waals surface area contributed by atoms with Crippen molar-refractivity contribution in [1.82, 2.24) is 10.3 Å². The average Bonchev–Trinajstić information content (AvgIpc) is 2.26. The van der Waals surface area contributed by atoms with Crippen LogP contribution in [0.1, 0.15) is 30.3 Å². The van der Waals surface area contributed by atoms with E-state index in [1.54, 1.807) is 6.07 Å². The summed E-state index contributed by atoms with van der Waals surface area (Å²) in [6.07, 6.45) is 2.52. The number of nitrogens with one attached hydrogen (secondary N) is 1. The van der Waals surface area contributed by atoms with E-state index in [0.29, 0.717) is 11.4 Å². The van der Waals surface area contributed by atoms with Crippen molar-refractivity contribution in [2.75, 3.05) is 6.54 Å². The van der Waals surface area contributed by atoms with Gasteiger partial charge in [0.25, 0.3) is 5.91 Å². The second-order valence-corrected chi connectivity index (χ2v) is 3.95. The van der Waals surface area contributed by atoms with Crippen LogP contribution < -0.4 is 5.32 Å². The van der Waals surface area contributed by atoms with Crippen LogP contribution >= 0.6 is 11.6 Å². The topological polar surface area (TPSA) is 62.2 Å². The highest BCUT2D eigenvalue weighted by Gasteiger charge is 2.09. The highest BCUT2D eigenvalue weighted by Crippen LogP contribution is 2.07. The van der Waals surface area contributed by atoms with Crippen LogP contribution in [-0.4, -0.2) is 28.6 Å². The van der Waals surface area contributed by atoms with E-state index in [1.165, 1.54) is 12.3 Å². The fraction of sp³-hybridized carbons (Fsp3) is 0.455. The molecular formula is C11H15ClN2O2. The average molecular weight is 243 g/mol. The second kappa shape index (κ2) is 6.45. The molecule has 2 N–H and O–H groups in total. The monoisotopic (exact) mass is 242 g/mol. The van der Waals surface area contributed by atoms with Crippen LogP contribution in [-0.2, 0) is 0 Å². The van der Waals surface area contributed by atoms with Gasteiger partial charge in [-0.1, -0.05) is 24.9 Å². The molecule has 4 nitrogen and oxygen atoms in total. The molecule has 0 bridgehead atoms. The predicted molar refractivity (Wildman–Crippen MR) is 62.5 cm³/mol. The quantitative estimate of drug-likeness (QED) is 0.825. The number of aliphatic hydroxyl groups is 1. The number of carbonyl (C=O) groups excluding carboxylic acids is 1. The standard InChI is InChI=1S/C11H15ClN2O2/c1-2-3-9(15)7-14-11(16)10-6-8(12)4-5-13-10/h4-6,9,15H,2-3,7H2,1H3,(H,14,16). The molecule has 0 fully saturated rings. The van der Waals surface area contributed by atoms with E-state index in [0.717, 1.165) is 6.42 Å². The molecule has 5 heteroatoms. The van der Waals surface area contributed by atoms with Gasteiger partial charge in [0.1, 0.15) is 5.69 Å². The third kappa shape index (κ3) is 4.16. The maximum absolute atomic E-state index is 11.6. The fourth-order valence-corrected chi connectivity index (χ4v) is 1.42. The van der Waals surface area contributed by atoms with E-state index in [-0.39, 0.29) is 18.1 Å². The molecule has 0 aliphatic carbocycles. The first kappa shape index (κ1) is 12.9. The molecule has 88 valence electrons. The molecule has 0 saturated heterocycles. The number of hydrogen-bond donors (Lipinski definition) is 2. The number of aromatic nitrogens is 1. The smallest absolute Gasteiger partial charge is 0.270 e. The Kier molecular flexibility index (Phi) is 5.22. The van der Waals surface area contributed by atoms with Crippen molar-refractivity contribution in [3.05, 3.63) is 29.0 Å². The molecule has 0 radical (unpaired) electrons. The van der Waals surface area contributed by atoms with E-state index in [4.69, 9.17) is 11.6 Å². The highest BCUT2D eigenvalue weighted by atomic mass is 35.5. The van der Waals surface area contributed by atoms with E-state index in [2.05, 4.69) is 10.3 Å². The van der Waals surface area contributed by atoms with Crippen molar-refractivity contribution in [2.45, 2.75) is 25.9 Å². The lowest BCUT2D eigenvalue weighted by Crippen LogP contribution is -2.32. The summed E-state index contributed by atoms with van der Waals surface area (Å²) in [7, 11) is 0. The van der Waals surface area contributed by atoms with Crippen LogP contribution in [0.3, 0.4) is 0 Å². The van der Waals surface area contributed by atoms with Crippen LogP contribution in [0.25, 0.3) is 0 Å². The number of nitrogens with zero attached hydrogens (tertiary/aromatic N) is 1. The molecule has 0 aliphatic rings. The molecule has 1 rings (SSSR count). The number of rotatable bonds is 5. The molecule has 0 aliphatic heterocycles. The SMILES string of the molecule is CCCC(O)CNC(=O)c1cc(Cl)ccn1. The minimum Gasteiger partial charge on any atom is -0.391 e. The summed E-state index contributed by atoms with van der Waals surface area (Å²) >= 11 is 5.73. The van der Waals surface area contributed by atoms with Crippen LogP contribution in [0.2, 0.25) is 5.02 Å². The maximum atomic E-state index is 11.6. The van der Waals surface area contributed by atoms with Gasteiger partial charge in [-0.15, -0.1) is 0 Å². The lowest BCUT2D eigenvalue weighted by molar-refractivity contribution is 0.0905. The van der Waals surface area contributed by atoms with Crippen LogP contribution in [0.5, 0.6) is 0 Å². The summed E-state index contributed by atoms with van der Waals surface area (Å²) in [6.45, 7) is 2.21. The molecule has 1 atom stereocenters. The third-order valence-corrected chi connectivity index (χ3v) is 2.31. The van der Waals surface area contributed by atoms with Crippen molar-refractivity contribution in [3.8, 4) is 0 Å². The highest BCUT2D eigenvalue weighted by molar-refractivity contribution is 6.30. The second-order valence-electron chi connectivity index (χ2n) is 3.51. The molecule has 1 aromatic heterocycles. The van der Waals surface area contributed by atoms with Gasteiger partial charge in [-0.3, -0.25) is 9.78 Å². The molecule has 16 heavy (non-hydrogen) atoms. The number of halogens is 1. The van der Waals surface area contributed by atoms with Gasteiger partial charge >= 0.3 is 0 Å². The number of aliphatic hydroxyl groups excluding tert-OH is 1. The van der Waals surface area contributed by atoms with Crippen molar-refractivity contribution in [3.63, 3.8) is 0 Å². The van der Waals surface area contributed by atoms with Gasteiger partial charge in [0, 0.05) is 17.8 Å². The van der Waals surface area contributed by atoms with Gasteiger partial charge in [-0.25, -0.2) is 0 Å². The lowest BCUT2D eigenvalue weighted by Gasteiger charge is -2.10. The van der Waals surface area contributed by atoms with Gasteiger partial charge in [-0.05, 0) is 18.6 Å². The number of pyridine rings is 1. The Labute approximate surface area is 99.6 Å². The van der Waals surface area contributed by atoms with Gasteiger partial charge < -0.3 is 10.4 Å². The van der Waals surface area contributed by atoms with Crippen molar-refractivity contribution in [2.24, 2.45) is 0 Å². The van der Waals surface area contributed by atoms with Crippen molar-refractivity contribution in [1.29, 1.82) is 0 Å². The summed E-state index contributed by atoms with van der Waals surface area (Å²) < 4.78 is 0.